The van der Waals surface area contributed by atoms with Crippen molar-refractivity contribution in [2.45, 2.75) is 31.6 Å². The molecule has 0 atom stereocenters. The number of para-hydroxylation sites is 1. The van der Waals surface area contributed by atoms with Gasteiger partial charge in [0.15, 0.2) is 0 Å². The molecule has 4 aromatic rings. The molecule has 0 bridgehead atoms. The lowest BCUT2D eigenvalue weighted by Gasteiger charge is -2.30. The molecule has 4 aromatic carbocycles. The number of anilines is 1. The van der Waals surface area contributed by atoms with Crippen molar-refractivity contribution in [1.29, 1.82) is 0 Å². The van der Waals surface area contributed by atoms with E-state index < -0.39 is 16.0 Å². The zero-order valence-electron chi connectivity index (χ0n) is 21.0. The van der Waals surface area contributed by atoms with Crippen LogP contribution in [-0.4, -0.2) is 20.9 Å². The van der Waals surface area contributed by atoms with Gasteiger partial charge in [-0.05, 0) is 110 Å². The second-order valence-corrected chi connectivity index (χ2v) is 11.4. The van der Waals surface area contributed by atoms with E-state index in [1.54, 1.807) is 66.7 Å². The highest BCUT2D eigenvalue weighted by atomic mass is 35.5. The molecular formula is C30H26ClNO5S. The van der Waals surface area contributed by atoms with Crippen molar-refractivity contribution >= 4 is 33.3 Å². The van der Waals surface area contributed by atoms with Gasteiger partial charge in [-0.1, -0.05) is 29.8 Å². The van der Waals surface area contributed by atoms with Crippen LogP contribution in [0.25, 0.3) is 0 Å². The molecule has 0 spiro atoms. The Labute approximate surface area is 227 Å². The monoisotopic (exact) mass is 547 g/mol. The minimum Gasteiger partial charge on any atom is -0.457 e. The molecule has 0 amide bonds. The van der Waals surface area contributed by atoms with E-state index in [2.05, 4.69) is 0 Å². The standard InChI is InChI=1S/C30H26ClNO5S/c1-20-17-26(18-21(2)29(20)31)36-25-11-13-27(14-12-25)38(34,35)32-16-6-7-22-19-23(10-15-28(22)32)30(33)37-24-8-4-3-5-9-24/h3-5,8-15,17-19H,6-7,16H2,1-2H3. The van der Waals surface area contributed by atoms with Gasteiger partial charge >= 0.3 is 5.97 Å². The zero-order valence-corrected chi connectivity index (χ0v) is 22.6. The highest BCUT2D eigenvalue weighted by Crippen LogP contribution is 2.34. The molecule has 0 N–H and O–H groups in total. The van der Waals surface area contributed by atoms with E-state index in [1.807, 2.05) is 32.0 Å². The van der Waals surface area contributed by atoms with Crippen molar-refractivity contribution in [3.05, 3.63) is 112 Å². The third kappa shape index (κ3) is 5.26. The van der Waals surface area contributed by atoms with Crippen molar-refractivity contribution in [2.75, 3.05) is 10.8 Å². The van der Waals surface area contributed by atoms with Crippen molar-refractivity contribution in [2.24, 2.45) is 0 Å². The molecule has 6 nitrogen and oxygen atoms in total. The van der Waals surface area contributed by atoms with Crippen LogP contribution < -0.4 is 13.8 Å². The Morgan fingerprint density at radius 3 is 2.21 bits per heavy atom. The number of hydrogen-bond donors (Lipinski definition) is 0. The van der Waals surface area contributed by atoms with Crippen molar-refractivity contribution in [1.82, 2.24) is 0 Å². The Kier molecular flexibility index (Phi) is 7.15. The average molecular weight is 548 g/mol. The quantitative estimate of drug-likeness (QED) is 0.190. The predicted molar refractivity (Wildman–Crippen MR) is 148 cm³/mol. The molecule has 0 saturated carbocycles. The number of carbonyl (C=O) groups is 1. The summed E-state index contributed by atoms with van der Waals surface area (Å²) < 4.78 is 39.9. The van der Waals surface area contributed by atoms with Gasteiger partial charge in [0.2, 0.25) is 0 Å². The number of benzene rings is 4. The number of halogens is 1. The molecule has 194 valence electrons. The van der Waals surface area contributed by atoms with Crippen LogP contribution in [-0.2, 0) is 16.4 Å². The number of carbonyl (C=O) groups excluding carboxylic acids is 1. The summed E-state index contributed by atoms with van der Waals surface area (Å²) in [7, 11) is -3.82. The highest BCUT2D eigenvalue weighted by Gasteiger charge is 2.30. The maximum Gasteiger partial charge on any atom is 0.343 e. The molecule has 0 fully saturated rings. The van der Waals surface area contributed by atoms with Crippen molar-refractivity contribution in [3.63, 3.8) is 0 Å². The van der Waals surface area contributed by atoms with Crippen LogP contribution in [0.15, 0.2) is 89.8 Å². The number of ether oxygens (including phenoxy) is 2. The van der Waals surface area contributed by atoms with E-state index in [-0.39, 0.29) is 4.90 Å². The molecule has 0 unspecified atom stereocenters. The lowest BCUT2D eigenvalue weighted by Crippen LogP contribution is -2.35. The number of hydrogen-bond acceptors (Lipinski definition) is 5. The summed E-state index contributed by atoms with van der Waals surface area (Å²) in [5.41, 5.74) is 3.54. The number of rotatable bonds is 6. The predicted octanol–water partition coefficient (Wildman–Crippen LogP) is 7.11. The van der Waals surface area contributed by atoms with Crippen LogP contribution >= 0.6 is 11.6 Å². The van der Waals surface area contributed by atoms with E-state index in [4.69, 9.17) is 21.1 Å². The highest BCUT2D eigenvalue weighted by molar-refractivity contribution is 7.92. The van der Waals surface area contributed by atoms with Gasteiger partial charge < -0.3 is 9.47 Å². The van der Waals surface area contributed by atoms with E-state index in [9.17, 15) is 13.2 Å². The molecule has 0 radical (unpaired) electrons. The van der Waals surface area contributed by atoms with Gasteiger partial charge in [0.1, 0.15) is 17.2 Å². The molecule has 0 aromatic heterocycles. The number of fused-ring (bicyclic) bond motifs is 1. The first-order chi connectivity index (χ1) is 18.2. The van der Waals surface area contributed by atoms with Crippen LogP contribution in [0, 0.1) is 13.8 Å². The summed E-state index contributed by atoms with van der Waals surface area (Å²) in [6.45, 7) is 4.16. The molecule has 1 heterocycles. The van der Waals surface area contributed by atoms with E-state index >= 15 is 0 Å². The molecule has 8 heteroatoms. The number of nitrogens with zero attached hydrogens (tertiary/aromatic N) is 1. The molecule has 1 aliphatic rings. The number of esters is 1. The Morgan fingerprint density at radius 2 is 1.53 bits per heavy atom. The summed E-state index contributed by atoms with van der Waals surface area (Å²) in [5.74, 6) is 1.12. The van der Waals surface area contributed by atoms with Crippen LogP contribution in [0.1, 0.15) is 33.5 Å². The summed E-state index contributed by atoms with van der Waals surface area (Å²) in [5, 5.41) is 0.695. The van der Waals surface area contributed by atoms with Crippen molar-refractivity contribution in [3.8, 4) is 17.2 Å². The fourth-order valence-corrected chi connectivity index (χ4v) is 6.15. The molecule has 5 rings (SSSR count). The SMILES string of the molecule is Cc1cc(Oc2ccc(S(=O)(=O)N3CCCc4cc(C(=O)Oc5ccccc5)ccc43)cc2)cc(C)c1Cl. The van der Waals surface area contributed by atoms with Crippen LogP contribution in [0.5, 0.6) is 17.2 Å². The lowest BCUT2D eigenvalue weighted by molar-refractivity contribution is 0.0734. The minimum absolute atomic E-state index is 0.161. The van der Waals surface area contributed by atoms with E-state index in [0.29, 0.717) is 52.9 Å². The van der Waals surface area contributed by atoms with Gasteiger partial charge in [-0.2, -0.15) is 0 Å². The Hall–Kier alpha value is -3.81. The topological polar surface area (TPSA) is 72.9 Å². The minimum atomic E-state index is -3.82. The van der Waals surface area contributed by atoms with Gasteiger partial charge in [0.25, 0.3) is 10.0 Å². The maximum atomic E-state index is 13.6. The molecular weight excluding hydrogens is 522 g/mol. The Morgan fingerprint density at radius 1 is 0.842 bits per heavy atom. The summed E-state index contributed by atoms with van der Waals surface area (Å²) in [6, 6.07) is 23.9. The summed E-state index contributed by atoms with van der Waals surface area (Å²) in [6.07, 6.45) is 1.31. The van der Waals surface area contributed by atoms with E-state index in [1.165, 1.54) is 4.31 Å². The fourth-order valence-electron chi connectivity index (χ4n) is 4.50. The summed E-state index contributed by atoms with van der Waals surface area (Å²) in [4.78, 5) is 12.8. The van der Waals surface area contributed by atoms with Gasteiger partial charge in [0, 0.05) is 11.6 Å². The first kappa shape index (κ1) is 25.8. The fraction of sp³-hybridized carbons (Fsp3) is 0.167. The smallest absolute Gasteiger partial charge is 0.343 e. The third-order valence-electron chi connectivity index (χ3n) is 6.40. The molecule has 38 heavy (non-hydrogen) atoms. The lowest BCUT2D eigenvalue weighted by atomic mass is 10.0. The molecule has 0 aliphatic carbocycles. The summed E-state index contributed by atoms with van der Waals surface area (Å²) >= 11 is 6.24. The first-order valence-electron chi connectivity index (χ1n) is 12.2. The van der Waals surface area contributed by atoms with Gasteiger partial charge in [-0.15, -0.1) is 0 Å². The van der Waals surface area contributed by atoms with Gasteiger partial charge in [-0.3, -0.25) is 4.31 Å². The van der Waals surface area contributed by atoms with Crippen LogP contribution in [0.4, 0.5) is 5.69 Å². The largest absolute Gasteiger partial charge is 0.457 e. The number of aryl methyl sites for hydroxylation is 3. The maximum absolute atomic E-state index is 13.6. The first-order valence-corrected chi connectivity index (χ1v) is 14.0. The second kappa shape index (κ2) is 10.5. The zero-order chi connectivity index (χ0) is 26.9. The van der Waals surface area contributed by atoms with Crippen LogP contribution in [0.3, 0.4) is 0 Å². The van der Waals surface area contributed by atoms with Gasteiger partial charge in [-0.25, -0.2) is 13.2 Å². The molecule has 1 aliphatic heterocycles. The van der Waals surface area contributed by atoms with Crippen molar-refractivity contribution < 1.29 is 22.7 Å². The normalized spacial score (nSPS) is 13.1. The average Bonchev–Trinajstić information content (AvgIpc) is 2.92. The van der Waals surface area contributed by atoms with Gasteiger partial charge in [0.05, 0.1) is 16.1 Å². The third-order valence-corrected chi connectivity index (χ3v) is 8.83. The molecule has 0 saturated heterocycles. The Bertz CT molecular complexity index is 1580. The number of sulfonamides is 1. The van der Waals surface area contributed by atoms with E-state index in [0.717, 1.165) is 16.7 Å². The Balaban J connectivity index is 1.35. The second-order valence-electron chi connectivity index (χ2n) is 9.17. The van der Waals surface area contributed by atoms with Crippen LogP contribution in [0.2, 0.25) is 5.02 Å².